The minimum Gasteiger partial charge on any atom is -0.472 e. The third-order valence-corrected chi connectivity index (χ3v) is 7.28. The predicted octanol–water partition coefficient (Wildman–Crippen LogP) is 2.61. The summed E-state index contributed by atoms with van der Waals surface area (Å²) in [6.45, 7) is 3.16. The highest BCUT2D eigenvalue weighted by Crippen LogP contribution is 2.59. The molecule has 8 nitrogen and oxygen atoms in total. The fraction of sp³-hybridized carbons (Fsp3) is 0.636. The molecule has 0 N–H and O–H groups in total. The van der Waals surface area contributed by atoms with Gasteiger partial charge < -0.3 is 18.6 Å². The first kappa shape index (κ1) is 20.6. The second-order valence-electron chi connectivity index (χ2n) is 8.82. The minimum atomic E-state index is -1.02. The molecule has 30 heavy (non-hydrogen) atoms. The van der Waals surface area contributed by atoms with Crippen molar-refractivity contribution in [3.05, 3.63) is 24.2 Å². The molecule has 0 radical (unpaired) electrons. The summed E-state index contributed by atoms with van der Waals surface area (Å²) in [5.74, 6) is -3.50. The Morgan fingerprint density at radius 3 is 2.63 bits per heavy atom. The molecule has 8 heteroatoms. The maximum absolute atomic E-state index is 13.5. The van der Waals surface area contributed by atoms with E-state index >= 15 is 0 Å². The van der Waals surface area contributed by atoms with Crippen molar-refractivity contribution >= 4 is 23.7 Å². The van der Waals surface area contributed by atoms with E-state index in [4.69, 9.17) is 18.6 Å². The first-order valence-corrected chi connectivity index (χ1v) is 10.3. The lowest BCUT2D eigenvalue weighted by Gasteiger charge is -2.56. The van der Waals surface area contributed by atoms with Crippen molar-refractivity contribution in [3.63, 3.8) is 0 Å². The van der Waals surface area contributed by atoms with Crippen molar-refractivity contribution < 1.29 is 37.8 Å². The molecular weight excluding hydrogens is 392 g/mol. The molecule has 3 fully saturated rings. The van der Waals surface area contributed by atoms with E-state index < -0.39 is 47.3 Å². The van der Waals surface area contributed by atoms with Crippen LogP contribution in [0.4, 0.5) is 0 Å². The molecule has 4 rings (SSSR count). The van der Waals surface area contributed by atoms with E-state index in [1.165, 1.54) is 26.6 Å². The highest BCUT2D eigenvalue weighted by molar-refractivity contribution is 5.92. The van der Waals surface area contributed by atoms with E-state index in [1.807, 2.05) is 6.92 Å². The summed E-state index contributed by atoms with van der Waals surface area (Å²) < 4.78 is 21.1. The largest absolute Gasteiger partial charge is 0.472 e. The summed E-state index contributed by atoms with van der Waals surface area (Å²) in [7, 11) is 1.32. The average Bonchev–Trinajstić information content (AvgIpc) is 3.23. The van der Waals surface area contributed by atoms with Gasteiger partial charge in [0.2, 0.25) is 0 Å². The number of ketones is 1. The predicted molar refractivity (Wildman–Crippen MR) is 101 cm³/mol. The number of ether oxygens (including phenoxy) is 3. The van der Waals surface area contributed by atoms with Crippen molar-refractivity contribution in [1.29, 1.82) is 0 Å². The first-order valence-electron chi connectivity index (χ1n) is 10.3. The summed E-state index contributed by atoms with van der Waals surface area (Å²) >= 11 is 0. The van der Waals surface area contributed by atoms with Crippen LogP contribution < -0.4 is 0 Å². The Kier molecular flexibility index (Phi) is 5.20. The molecule has 2 saturated carbocycles. The zero-order valence-electron chi connectivity index (χ0n) is 17.3. The van der Waals surface area contributed by atoms with Crippen LogP contribution in [0, 0.1) is 29.1 Å². The van der Waals surface area contributed by atoms with Crippen molar-refractivity contribution in [2.75, 3.05) is 7.11 Å². The number of hydrogen-bond donors (Lipinski definition) is 0. The monoisotopic (exact) mass is 418 g/mol. The summed E-state index contributed by atoms with van der Waals surface area (Å²) in [5.41, 5.74) is 0.0546. The molecule has 162 valence electrons. The van der Waals surface area contributed by atoms with Crippen molar-refractivity contribution in [2.24, 2.45) is 29.1 Å². The Morgan fingerprint density at radius 2 is 2.00 bits per heavy atom. The van der Waals surface area contributed by atoms with Crippen LogP contribution in [0.1, 0.15) is 51.2 Å². The molecule has 0 bridgehead atoms. The number of fused-ring (bicyclic) bond motifs is 3. The van der Waals surface area contributed by atoms with Gasteiger partial charge in [-0.25, -0.2) is 0 Å². The van der Waals surface area contributed by atoms with Gasteiger partial charge in [0.25, 0.3) is 0 Å². The smallest absolute Gasteiger partial charge is 0.309 e. The number of cyclic esters (lactones) is 1. The molecule has 7 atom stereocenters. The summed E-state index contributed by atoms with van der Waals surface area (Å²) in [4.78, 5) is 50.6. The number of furan rings is 1. The van der Waals surface area contributed by atoms with E-state index in [0.29, 0.717) is 19.3 Å². The Labute approximate surface area is 174 Å². The minimum absolute atomic E-state index is 0.102. The van der Waals surface area contributed by atoms with Gasteiger partial charge in [0.15, 0.2) is 11.9 Å². The molecule has 0 unspecified atom stereocenters. The van der Waals surface area contributed by atoms with E-state index in [9.17, 15) is 19.2 Å². The number of Topliss-reactive ketones (excluding diaryl/α,β-unsaturated/α-hetero) is 1. The van der Waals surface area contributed by atoms with Gasteiger partial charge in [-0.15, -0.1) is 0 Å². The first-order chi connectivity index (χ1) is 14.3. The number of carbonyl (C=O) groups is 4. The molecule has 2 heterocycles. The number of rotatable bonds is 3. The molecule has 1 aliphatic heterocycles. The quantitative estimate of drug-likeness (QED) is 0.544. The Balaban J connectivity index is 1.73. The molecule has 0 amide bonds. The topological polar surface area (TPSA) is 109 Å². The highest BCUT2D eigenvalue weighted by atomic mass is 16.6. The number of carbonyl (C=O) groups excluding carboxylic acids is 4. The fourth-order valence-corrected chi connectivity index (χ4v) is 5.88. The van der Waals surface area contributed by atoms with Crippen LogP contribution in [-0.4, -0.2) is 36.9 Å². The Morgan fingerprint density at radius 1 is 1.23 bits per heavy atom. The van der Waals surface area contributed by atoms with Crippen LogP contribution in [0.15, 0.2) is 23.0 Å². The summed E-state index contributed by atoms with van der Waals surface area (Å²) in [6, 6.07) is 1.74. The lowest BCUT2D eigenvalue weighted by Crippen LogP contribution is -2.61. The molecule has 0 spiro atoms. The van der Waals surface area contributed by atoms with Crippen LogP contribution in [0.3, 0.4) is 0 Å². The van der Waals surface area contributed by atoms with Crippen LogP contribution in [-0.2, 0) is 33.4 Å². The van der Waals surface area contributed by atoms with Gasteiger partial charge in [-0.05, 0) is 36.7 Å². The fourth-order valence-electron chi connectivity index (χ4n) is 5.88. The van der Waals surface area contributed by atoms with E-state index in [0.717, 1.165) is 5.56 Å². The summed E-state index contributed by atoms with van der Waals surface area (Å²) in [6.07, 6.45) is 3.11. The van der Waals surface area contributed by atoms with Gasteiger partial charge in [-0.2, -0.15) is 0 Å². The molecule has 1 aromatic rings. The molecule has 0 aromatic carbocycles. The van der Waals surface area contributed by atoms with Gasteiger partial charge in [0.05, 0.1) is 31.5 Å². The van der Waals surface area contributed by atoms with Crippen LogP contribution >= 0.6 is 0 Å². The van der Waals surface area contributed by atoms with Crippen molar-refractivity contribution in [1.82, 2.24) is 0 Å². The zero-order valence-corrected chi connectivity index (χ0v) is 17.3. The van der Waals surface area contributed by atoms with E-state index in [2.05, 4.69) is 0 Å². The van der Waals surface area contributed by atoms with Crippen LogP contribution in [0.25, 0.3) is 0 Å². The van der Waals surface area contributed by atoms with Crippen LogP contribution in [0.2, 0.25) is 0 Å². The lowest BCUT2D eigenvalue weighted by molar-refractivity contribution is -0.194. The van der Waals surface area contributed by atoms with Crippen molar-refractivity contribution in [2.45, 2.75) is 51.7 Å². The normalized spacial score (nSPS) is 38.1. The van der Waals surface area contributed by atoms with Gasteiger partial charge in [0.1, 0.15) is 6.10 Å². The van der Waals surface area contributed by atoms with E-state index in [-0.39, 0.29) is 24.1 Å². The van der Waals surface area contributed by atoms with Crippen LogP contribution in [0.5, 0.6) is 0 Å². The average molecular weight is 418 g/mol. The van der Waals surface area contributed by atoms with E-state index in [1.54, 1.807) is 6.07 Å². The molecule has 1 saturated heterocycles. The third-order valence-electron chi connectivity index (χ3n) is 7.28. The molecule has 3 aliphatic rings. The number of esters is 3. The molecule has 1 aromatic heterocycles. The maximum Gasteiger partial charge on any atom is 0.309 e. The summed E-state index contributed by atoms with van der Waals surface area (Å²) in [5, 5.41) is 0. The maximum atomic E-state index is 13.5. The Hall–Kier alpha value is -2.64. The molecule has 2 aliphatic carbocycles. The molecular formula is C22H26O8. The number of methoxy groups -OCH3 is 1. The number of hydrogen-bond acceptors (Lipinski definition) is 8. The standard InChI is InChI=1S/C22H26O8/c1-11(23)29-17-9-15(21(26)27-3)22(2)6-4-13-14(18(22)19(17)24)8-16(30-20(13)25)12-5-7-28-10-12/h5,7,10,13-18H,4,6,8-9H2,1-3H3/t13-,14+,15+,16+,17+,18+,22+/m1/s1. The second-order valence-corrected chi connectivity index (χ2v) is 8.82. The van der Waals surface area contributed by atoms with Gasteiger partial charge >= 0.3 is 17.9 Å². The van der Waals surface area contributed by atoms with Crippen molar-refractivity contribution in [3.8, 4) is 0 Å². The SMILES string of the molecule is COC(=O)[C@@H]1C[C@H](OC(C)=O)C(=O)[C@@H]2[C@H]3C[C@@H](c4ccoc4)OC(=O)[C@@H]3CC[C@]21C. The highest BCUT2D eigenvalue weighted by Gasteiger charge is 2.63. The lowest BCUT2D eigenvalue weighted by atomic mass is 9.48. The second kappa shape index (κ2) is 7.56. The van der Waals surface area contributed by atoms with Gasteiger partial charge in [0, 0.05) is 24.8 Å². The zero-order chi connectivity index (χ0) is 21.6. The van der Waals surface area contributed by atoms with Gasteiger partial charge in [-0.1, -0.05) is 6.92 Å². The van der Waals surface area contributed by atoms with Gasteiger partial charge in [-0.3, -0.25) is 19.2 Å². The Bertz CT molecular complexity index is 858. The third kappa shape index (κ3) is 3.22.